The van der Waals surface area contributed by atoms with E-state index in [1.54, 1.807) is 90.1 Å². The van der Waals surface area contributed by atoms with Crippen LogP contribution in [0, 0.1) is 23.5 Å². The molecule has 0 spiro atoms. The van der Waals surface area contributed by atoms with Gasteiger partial charge in [0.1, 0.15) is 22.8 Å². The lowest BCUT2D eigenvalue weighted by Crippen LogP contribution is -2.57. The average Bonchev–Trinajstić information content (AvgIpc) is 3.20. The number of hydrogen-bond donors (Lipinski definition) is 1. The summed E-state index contributed by atoms with van der Waals surface area (Å²) in [5, 5.41) is 0. The summed E-state index contributed by atoms with van der Waals surface area (Å²) in [5.41, 5.74) is 6.18. The minimum absolute atomic E-state index is 0.00525. The van der Waals surface area contributed by atoms with Crippen LogP contribution in [0.3, 0.4) is 0 Å². The number of amides is 4. The van der Waals surface area contributed by atoms with Crippen molar-refractivity contribution in [3.8, 4) is 0 Å². The number of hydrogen-bond acceptors (Lipinski definition) is 10. The summed E-state index contributed by atoms with van der Waals surface area (Å²) in [6.45, 7) is 11.4. The molecule has 2 aliphatic heterocycles. The lowest BCUT2D eigenvalue weighted by molar-refractivity contribution is -0.128. The molecule has 2 saturated heterocycles. The molecule has 0 radical (unpaired) electrons. The van der Waals surface area contributed by atoms with Gasteiger partial charge in [-0.2, -0.15) is 0 Å². The van der Waals surface area contributed by atoms with Crippen molar-refractivity contribution >= 4 is 47.1 Å². The molecule has 0 unspecified atom stereocenters. The number of ether oxygens (including phenoxy) is 3. The molecule has 0 aliphatic carbocycles. The molecular weight excluding hydrogens is 829 g/mol. The number of rotatable bonds is 11. The first-order valence-corrected chi connectivity index (χ1v) is 20.7. The maximum absolute atomic E-state index is 14.7. The normalized spacial score (nSPS) is 13.9. The van der Waals surface area contributed by atoms with Crippen molar-refractivity contribution in [2.75, 3.05) is 49.6 Å². The molecule has 0 atom stereocenters. The Hall–Kier alpha value is -6.68. The summed E-state index contributed by atoms with van der Waals surface area (Å²) in [6.07, 6.45) is -0.920. The monoisotopic (exact) mass is 883 g/mol. The van der Waals surface area contributed by atoms with E-state index < -0.39 is 52.8 Å². The van der Waals surface area contributed by atoms with Crippen molar-refractivity contribution in [1.82, 2.24) is 9.80 Å². The average molecular weight is 884 g/mol. The number of carbonyl (C=O) groups is 6. The first kappa shape index (κ1) is 48.4. The molecule has 16 heteroatoms. The molecule has 4 aromatic rings. The Labute approximate surface area is 371 Å². The number of para-hydroxylation sites is 2. The number of Topliss-reactive ketones (excluding diaryl/α,β-unsaturated/α-hetero) is 1. The molecule has 4 aromatic carbocycles. The van der Waals surface area contributed by atoms with E-state index in [-0.39, 0.29) is 85.7 Å². The fraction of sp³-hybridized carbons (Fsp3) is 0.375. The number of anilines is 2. The Morgan fingerprint density at radius 1 is 0.609 bits per heavy atom. The summed E-state index contributed by atoms with van der Waals surface area (Å²) < 4.78 is 44.7. The Morgan fingerprint density at radius 2 is 0.984 bits per heavy atom. The highest BCUT2D eigenvalue weighted by atomic mass is 19.1. The molecule has 0 saturated carbocycles. The van der Waals surface area contributed by atoms with E-state index >= 15 is 0 Å². The standard InChI is InChI=1S/C24H28FN3O4.C24H27FN2O5/c1-24(2,3)32-23(31)27-13-18(14-27)22(30)28(19-7-5-4-6-8-19)15-17-10-9-16(11-20(17)25)21(29)12-26;1-24(2,3)32-23(30)26-13-18(14-26)21(28)27(19-8-6-5-7-9-19)15-17-11-10-16(12-20(17)25)22(29)31-4/h4-11,18H,12-15,26H2,1-3H3;5-12,18H,13-15H2,1-4H3. The smallest absolute Gasteiger partial charge is 0.410 e. The number of methoxy groups -OCH3 is 1. The maximum atomic E-state index is 14.7. The van der Waals surface area contributed by atoms with Crippen molar-refractivity contribution < 1.29 is 51.8 Å². The number of ketones is 1. The van der Waals surface area contributed by atoms with Gasteiger partial charge >= 0.3 is 18.2 Å². The van der Waals surface area contributed by atoms with Crippen LogP contribution >= 0.6 is 0 Å². The zero-order valence-electron chi connectivity index (χ0n) is 37.1. The molecule has 14 nitrogen and oxygen atoms in total. The number of benzene rings is 4. The number of nitrogens with zero attached hydrogens (tertiary/aromatic N) is 4. The van der Waals surface area contributed by atoms with E-state index in [4.69, 9.17) is 15.2 Å². The second kappa shape index (κ2) is 20.7. The van der Waals surface area contributed by atoms with E-state index in [1.807, 2.05) is 12.1 Å². The molecule has 4 amide bonds. The number of carbonyl (C=O) groups excluding carboxylic acids is 6. The van der Waals surface area contributed by atoms with Gasteiger partial charge in [-0.15, -0.1) is 0 Å². The maximum Gasteiger partial charge on any atom is 0.410 e. The predicted molar refractivity (Wildman–Crippen MR) is 235 cm³/mol. The summed E-state index contributed by atoms with van der Waals surface area (Å²) in [4.78, 5) is 80.2. The van der Waals surface area contributed by atoms with Crippen LogP contribution in [0.5, 0.6) is 0 Å². The van der Waals surface area contributed by atoms with Crippen LogP contribution in [-0.2, 0) is 36.9 Å². The van der Waals surface area contributed by atoms with Crippen molar-refractivity contribution in [1.29, 1.82) is 0 Å². The molecule has 0 aromatic heterocycles. The molecule has 6 rings (SSSR count). The third-order valence-electron chi connectivity index (χ3n) is 10.1. The predicted octanol–water partition coefficient (Wildman–Crippen LogP) is 7.38. The third kappa shape index (κ3) is 12.7. The molecule has 0 bridgehead atoms. The van der Waals surface area contributed by atoms with E-state index in [0.29, 0.717) is 11.4 Å². The van der Waals surface area contributed by atoms with Crippen molar-refractivity contribution in [2.45, 2.75) is 65.8 Å². The zero-order valence-corrected chi connectivity index (χ0v) is 37.1. The Bertz CT molecular complexity index is 2160. The van der Waals surface area contributed by atoms with Gasteiger partial charge in [0.05, 0.1) is 44.1 Å². The number of esters is 1. The van der Waals surface area contributed by atoms with Gasteiger partial charge < -0.3 is 39.5 Å². The first-order chi connectivity index (χ1) is 30.2. The molecule has 2 N–H and O–H groups in total. The van der Waals surface area contributed by atoms with Gasteiger partial charge in [-0.05, 0) is 84.0 Å². The minimum Gasteiger partial charge on any atom is -0.465 e. The SMILES string of the molecule is CC(C)(C)OC(=O)N1CC(C(=O)N(Cc2ccc(C(=O)CN)cc2F)c2ccccc2)C1.COC(=O)c1ccc(CN(C(=O)C2CN(C(=O)OC(C)(C)C)C2)c2ccccc2)c(F)c1. The summed E-state index contributed by atoms with van der Waals surface area (Å²) in [6, 6.07) is 26.1. The van der Waals surface area contributed by atoms with Crippen LogP contribution < -0.4 is 15.5 Å². The number of likely N-dealkylation sites (tertiary alicyclic amines) is 2. The van der Waals surface area contributed by atoms with Crippen LogP contribution in [-0.4, -0.2) is 96.6 Å². The van der Waals surface area contributed by atoms with Gasteiger partial charge in [0.2, 0.25) is 11.8 Å². The highest BCUT2D eigenvalue weighted by Crippen LogP contribution is 2.29. The van der Waals surface area contributed by atoms with Gasteiger partial charge in [0.15, 0.2) is 5.78 Å². The molecule has 2 fully saturated rings. The van der Waals surface area contributed by atoms with E-state index in [9.17, 15) is 37.5 Å². The highest BCUT2D eigenvalue weighted by molar-refractivity contribution is 5.99. The Kier molecular flexibility index (Phi) is 15.6. The second-order valence-electron chi connectivity index (χ2n) is 17.4. The topological polar surface area (TPSA) is 169 Å². The van der Waals surface area contributed by atoms with Crippen molar-refractivity contribution in [2.24, 2.45) is 17.6 Å². The molecule has 64 heavy (non-hydrogen) atoms. The van der Waals surface area contributed by atoms with Gasteiger partial charge in [-0.3, -0.25) is 14.4 Å². The van der Waals surface area contributed by atoms with Gasteiger partial charge in [-0.1, -0.05) is 54.6 Å². The van der Waals surface area contributed by atoms with Gasteiger partial charge in [0, 0.05) is 54.2 Å². The van der Waals surface area contributed by atoms with Crippen LogP contribution in [0.1, 0.15) is 73.4 Å². The number of nitrogens with two attached hydrogens (primary N) is 1. The van der Waals surface area contributed by atoms with Gasteiger partial charge in [0.25, 0.3) is 0 Å². The Morgan fingerprint density at radius 3 is 1.33 bits per heavy atom. The zero-order chi connectivity index (χ0) is 46.9. The summed E-state index contributed by atoms with van der Waals surface area (Å²) in [7, 11) is 1.23. The van der Waals surface area contributed by atoms with Crippen molar-refractivity contribution in [3.63, 3.8) is 0 Å². The van der Waals surface area contributed by atoms with Crippen LogP contribution in [0.25, 0.3) is 0 Å². The molecular formula is C48H55F2N5O9. The molecule has 2 aliphatic rings. The van der Waals surface area contributed by atoms with Gasteiger partial charge in [-0.25, -0.2) is 23.2 Å². The lowest BCUT2D eigenvalue weighted by atomic mass is 9.98. The number of halogens is 2. The third-order valence-corrected chi connectivity index (χ3v) is 10.1. The van der Waals surface area contributed by atoms with Crippen molar-refractivity contribution in [3.05, 3.63) is 131 Å². The second-order valence-corrected chi connectivity index (χ2v) is 17.4. The van der Waals surface area contributed by atoms with Crippen LogP contribution in [0.4, 0.5) is 29.7 Å². The fourth-order valence-corrected chi connectivity index (χ4v) is 6.70. The lowest BCUT2D eigenvalue weighted by Gasteiger charge is -2.41. The van der Waals surface area contributed by atoms with Crippen LogP contribution in [0.15, 0.2) is 97.1 Å². The van der Waals surface area contributed by atoms with Crippen LogP contribution in [0.2, 0.25) is 0 Å². The summed E-state index contributed by atoms with van der Waals surface area (Å²) in [5.74, 6) is -3.44. The first-order valence-electron chi connectivity index (χ1n) is 20.7. The quantitative estimate of drug-likeness (QED) is 0.0912. The van der Waals surface area contributed by atoms with E-state index in [2.05, 4.69) is 4.74 Å². The van der Waals surface area contributed by atoms with E-state index in [1.165, 1.54) is 51.0 Å². The highest BCUT2D eigenvalue weighted by Gasteiger charge is 2.41. The molecule has 340 valence electrons. The van der Waals surface area contributed by atoms with E-state index in [0.717, 1.165) is 12.1 Å². The molecule has 2 heterocycles. The summed E-state index contributed by atoms with van der Waals surface area (Å²) >= 11 is 0. The Balaban J connectivity index is 0.000000241. The largest absolute Gasteiger partial charge is 0.465 e. The fourth-order valence-electron chi connectivity index (χ4n) is 6.70. The minimum atomic E-state index is -0.636.